The highest BCUT2D eigenvalue weighted by atomic mass is 79.9. The van der Waals surface area contributed by atoms with Crippen LogP contribution in [0.1, 0.15) is 0 Å². The third-order valence-corrected chi connectivity index (χ3v) is 2.95. The molecule has 0 saturated carbocycles. The van der Waals surface area contributed by atoms with Gasteiger partial charge in [-0.05, 0) is 34.1 Å². The number of hydrogen-bond donors (Lipinski definition) is 1. The molecule has 17 heavy (non-hydrogen) atoms. The number of pyridine rings is 1. The minimum Gasteiger partial charge on any atom is -0.382 e. The van der Waals surface area contributed by atoms with Gasteiger partial charge in [-0.15, -0.1) is 0 Å². The van der Waals surface area contributed by atoms with Crippen molar-refractivity contribution in [1.82, 2.24) is 14.8 Å². The van der Waals surface area contributed by atoms with Crippen molar-refractivity contribution in [2.75, 3.05) is 5.73 Å². The van der Waals surface area contributed by atoms with E-state index in [9.17, 15) is 0 Å². The van der Waals surface area contributed by atoms with Gasteiger partial charge in [0.2, 0.25) is 0 Å². The van der Waals surface area contributed by atoms with Crippen molar-refractivity contribution in [1.29, 1.82) is 0 Å². The monoisotopic (exact) mass is 288 g/mol. The van der Waals surface area contributed by atoms with Crippen LogP contribution in [0.15, 0.2) is 47.1 Å². The summed E-state index contributed by atoms with van der Waals surface area (Å²) in [6.07, 6.45) is 1.72. The Labute approximate surface area is 106 Å². The third kappa shape index (κ3) is 1.68. The molecule has 0 aliphatic rings. The van der Waals surface area contributed by atoms with Gasteiger partial charge in [0.15, 0.2) is 5.82 Å². The Kier molecular flexibility index (Phi) is 2.33. The molecule has 0 bridgehead atoms. The number of benzene rings is 1. The summed E-state index contributed by atoms with van der Waals surface area (Å²) in [5.74, 6) is 0.554. The normalized spacial score (nSPS) is 10.9. The molecule has 0 atom stereocenters. The van der Waals surface area contributed by atoms with E-state index < -0.39 is 0 Å². The largest absolute Gasteiger partial charge is 0.382 e. The van der Waals surface area contributed by atoms with Gasteiger partial charge in [-0.3, -0.25) is 0 Å². The molecule has 0 amide bonds. The first-order valence-electron chi connectivity index (χ1n) is 5.11. The summed E-state index contributed by atoms with van der Waals surface area (Å²) in [7, 11) is 0. The third-order valence-electron chi connectivity index (χ3n) is 2.51. The molecule has 2 N–H and O–H groups in total. The molecule has 1 aromatic carbocycles. The number of anilines is 1. The zero-order valence-corrected chi connectivity index (χ0v) is 10.4. The van der Waals surface area contributed by atoms with Crippen LogP contribution in [0, 0.1) is 0 Å². The SMILES string of the molecule is Nc1c2ncc(Br)cc2nn1-c1ccccc1. The van der Waals surface area contributed by atoms with E-state index in [0.29, 0.717) is 5.82 Å². The van der Waals surface area contributed by atoms with E-state index in [0.717, 1.165) is 21.2 Å². The lowest BCUT2D eigenvalue weighted by Gasteiger charge is -2.01. The summed E-state index contributed by atoms with van der Waals surface area (Å²) >= 11 is 3.37. The standard InChI is InChI=1S/C12H9BrN4/c13-8-6-10-11(15-7-8)12(14)17(16-10)9-4-2-1-3-5-9/h1-7H,14H2. The molecule has 0 spiro atoms. The number of nitrogens with zero attached hydrogens (tertiary/aromatic N) is 3. The first kappa shape index (κ1) is 10.3. The molecule has 3 aromatic rings. The quantitative estimate of drug-likeness (QED) is 0.749. The van der Waals surface area contributed by atoms with E-state index in [1.54, 1.807) is 10.9 Å². The Balaban J connectivity index is 2.28. The van der Waals surface area contributed by atoms with Crippen molar-refractivity contribution < 1.29 is 0 Å². The lowest BCUT2D eigenvalue weighted by atomic mass is 10.3. The second-order valence-electron chi connectivity index (χ2n) is 3.65. The summed E-state index contributed by atoms with van der Waals surface area (Å²) in [6.45, 7) is 0. The van der Waals surface area contributed by atoms with Gasteiger partial charge in [0.25, 0.3) is 0 Å². The maximum Gasteiger partial charge on any atom is 0.153 e. The highest BCUT2D eigenvalue weighted by Gasteiger charge is 2.10. The molecule has 0 aliphatic carbocycles. The first-order valence-corrected chi connectivity index (χ1v) is 5.90. The van der Waals surface area contributed by atoms with Crippen molar-refractivity contribution in [2.45, 2.75) is 0 Å². The number of nitrogen functional groups attached to an aromatic ring is 1. The predicted octanol–water partition coefficient (Wildman–Crippen LogP) is 2.77. The predicted molar refractivity (Wildman–Crippen MR) is 71.0 cm³/mol. The van der Waals surface area contributed by atoms with Crippen molar-refractivity contribution in [3.05, 3.63) is 47.1 Å². The summed E-state index contributed by atoms with van der Waals surface area (Å²) in [4.78, 5) is 4.27. The molecule has 0 aliphatic heterocycles. The minimum absolute atomic E-state index is 0.554. The summed E-state index contributed by atoms with van der Waals surface area (Å²) in [5.41, 5.74) is 8.47. The Hall–Kier alpha value is -1.88. The molecule has 3 rings (SSSR count). The van der Waals surface area contributed by atoms with E-state index in [-0.39, 0.29) is 0 Å². The summed E-state index contributed by atoms with van der Waals surface area (Å²) in [5, 5.41) is 4.44. The Morgan fingerprint density at radius 1 is 1.18 bits per heavy atom. The fourth-order valence-corrected chi connectivity index (χ4v) is 2.05. The van der Waals surface area contributed by atoms with Crippen LogP contribution in [-0.4, -0.2) is 14.8 Å². The van der Waals surface area contributed by atoms with Crippen molar-refractivity contribution in [3.63, 3.8) is 0 Å². The fourth-order valence-electron chi connectivity index (χ4n) is 1.73. The molecule has 2 aromatic heterocycles. The number of hydrogen-bond acceptors (Lipinski definition) is 3. The lowest BCUT2D eigenvalue weighted by molar-refractivity contribution is 0.907. The van der Waals surface area contributed by atoms with Crippen LogP contribution < -0.4 is 5.73 Å². The first-order chi connectivity index (χ1) is 8.25. The highest BCUT2D eigenvalue weighted by Crippen LogP contribution is 2.23. The van der Waals surface area contributed by atoms with E-state index in [4.69, 9.17) is 5.73 Å². The van der Waals surface area contributed by atoms with E-state index >= 15 is 0 Å². The van der Waals surface area contributed by atoms with Gasteiger partial charge in [0.1, 0.15) is 11.0 Å². The zero-order chi connectivity index (χ0) is 11.8. The summed E-state index contributed by atoms with van der Waals surface area (Å²) in [6, 6.07) is 11.7. The smallest absolute Gasteiger partial charge is 0.153 e. The van der Waals surface area contributed by atoms with Gasteiger partial charge in [-0.1, -0.05) is 18.2 Å². The van der Waals surface area contributed by atoms with Crippen LogP contribution in [0.5, 0.6) is 0 Å². The van der Waals surface area contributed by atoms with Gasteiger partial charge < -0.3 is 5.73 Å². The molecule has 0 radical (unpaired) electrons. The van der Waals surface area contributed by atoms with Crippen molar-refractivity contribution in [3.8, 4) is 5.69 Å². The number of fused-ring (bicyclic) bond motifs is 1. The van der Waals surface area contributed by atoms with Crippen LogP contribution >= 0.6 is 15.9 Å². The maximum atomic E-state index is 6.04. The molecule has 0 unspecified atom stereocenters. The lowest BCUT2D eigenvalue weighted by Crippen LogP contribution is -2.01. The molecular formula is C12H9BrN4. The Morgan fingerprint density at radius 3 is 2.71 bits per heavy atom. The maximum absolute atomic E-state index is 6.04. The average molecular weight is 289 g/mol. The van der Waals surface area contributed by atoms with Crippen LogP contribution in [0.2, 0.25) is 0 Å². The zero-order valence-electron chi connectivity index (χ0n) is 8.84. The van der Waals surface area contributed by atoms with Gasteiger partial charge in [-0.25, -0.2) is 9.67 Å². The molecule has 0 fully saturated rings. The second kappa shape index (κ2) is 3.85. The van der Waals surface area contributed by atoms with Gasteiger partial charge >= 0.3 is 0 Å². The van der Waals surface area contributed by atoms with E-state index in [1.165, 1.54) is 0 Å². The van der Waals surface area contributed by atoms with Crippen LogP contribution in [0.25, 0.3) is 16.7 Å². The van der Waals surface area contributed by atoms with Crippen LogP contribution in [-0.2, 0) is 0 Å². The minimum atomic E-state index is 0.554. The Morgan fingerprint density at radius 2 is 1.94 bits per heavy atom. The van der Waals surface area contributed by atoms with Gasteiger partial charge in [0.05, 0.1) is 5.69 Å². The molecule has 2 heterocycles. The summed E-state index contributed by atoms with van der Waals surface area (Å²) < 4.78 is 2.59. The molecular weight excluding hydrogens is 280 g/mol. The average Bonchev–Trinajstić information content (AvgIpc) is 2.67. The highest BCUT2D eigenvalue weighted by molar-refractivity contribution is 9.10. The van der Waals surface area contributed by atoms with E-state index in [2.05, 4.69) is 26.0 Å². The van der Waals surface area contributed by atoms with Crippen molar-refractivity contribution in [2.24, 2.45) is 0 Å². The van der Waals surface area contributed by atoms with Crippen molar-refractivity contribution >= 4 is 32.8 Å². The number of aromatic nitrogens is 3. The molecule has 4 nitrogen and oxygen atoms in total. The number of halogens is 1. The van der Waals surface area contributed by atoms with Gasteiger partial charge in [0, 0.05) is 10.7 Å². The molecule has 84 valence electrons. The number of nitrogens with two attached hydrogens (primary N) is 1. The van der Waals surface area contributed by atoms with Crippen LogP contribution in [0.4, 0.5) is 5.82 Å². The Bertz CT molecular complexity index is 676. The topological polar surface area (TPSA) is 56.7 Å². The van der Waals surface area contributed by atoms with Gasteiger partial charge in [-0.2, -0.15) is 5.10 Å². The molecule has 5 heteroatoms. The van der Waals surface area contributed by atoms with Crippen LogP contribution in [0.3, 0.4) is 0 Å². The van der Waals surface area contributed by atoms with E-state index in [1.807, 2.05) is 36.4 Å². The second-order valence-corrected chi connectivity index (χ2v) is 4.57. The number of para-hydroxylation sites is 1. The number of rotatable bonds is 1. The molecule has 0 saturated heterocycles. The fraction of sp³-hybridized carbons (Fsp3) is 0.